The minimum absolute atomic E-state index is 0.594. The zero-order valence-electron chi connectivity index (χ0n) is 10.6. The lowest BCUT2D eigenvalue weighted by Crippen LogP contribution is -2.12. The number of hydrogen-bond donors (Lipinski definition) is 0. The van der Waals surface area contributed by atoms with Gasteiger partial charge < -0.3 is 0 Å². The molecule has 0 spiro atoms. The van der Waals surface area contributed by atoms with Crippen molar-refractivity contribution in [1.29, 1.82) is 0 Å². The molecule has 2 atom stereocenters. The highest BCUT2D eigenvalue weighted by Gasteiger charge is 2.24. The molecule has 0 saturated heterocycles. The van der Waals surface area contributed by atoms with E-state index < -0.39 is 0 Å². The zero-order chi connectivity index (χ0) is 12.7. The second-order valence-corrected chi connectivity index (χ2v) is 6.68. The molecule has 0 aliphatic heterocycles. The van der Waals surface area contributed by atoms with Crippen molar-refractivity contribution < 1.29 is 0 Å². The molecule has 2 unspecified atom stereocenters. The van der Waals surface area contributed by atoms with Crippen molar-refractivity contribution in [3.8, 4) is 0 Å². The van der Waals surface area contributed by atoms with E-state index in [4.69, 9.17) is 0 Å². The summed E-state index contributed by atoms with van der Waals surface area (Å²) in [5, 5.41) is 0. The molecule has 0 N–H and O–H groups in total. The Bertz CT molecular complexity index is 622. The lowest BCUT2D eigenvalue weighted by Gasteiger charge is -2.15. The normalized spacial score (nSPS) is 22.5. The average Bonchev–Trinajstić information content (AvgIpc) is 3.05. The molecule has 0 aromatic heterocycles. The van der Waals surface area contributed by atoms with E-state index in [0.717, 1.165) is 9.52 Å². The number of fused-ring (bicyclic) bond motifs is 2. The van der Waals surface area contributed by atoms with Gasteiger partial charge in [-0.2, -0.15) is 0 Å². The standard InChI is InChI=1S/C18H14Si/c1-3-7-15-13(5-1)9-11-17(15)19-18-12-10-14-6-2-4-8-16(14)18/h1-12,17-18H. The van der Waals surface area contributed by atoms with Crippen LogP contribution in [0.2, 0.25) is 0 Å². The van der Waals surface area contributed by atoms with Gasteiger partial charge in [0.15, 0.2) is 0 Å². The first-order valence-corrected chi connectivity index (χ1v) is 7.87. The smallest absolute Gasteiger partial charge is 0.0670 e. The summed E-state index contributed by atoms with van der Waals surface area (Å²) in [6, 6.07) is 17.5. The highest BCUT2D eigenvalue weighted by Crippen LogP contribution is 2.36. The highest BCUT2D eigenvalue weighted by atomic mass is 28.2. The maximum absolute atomic E-state index is 2.37. The Morgan fingerprint density at radius 2 is 1.11 bits per heavy atom. The molecule has 0 nitrogen and oxygen atoms in total. The summed E-state index contributed by atoms with van der Waals surface area (Å²) in [5.41, 5.74) is 6.98. The molecule has 2 radical (unpaired) electrons. The van der Waals surface area contributed by atoms with Crippen molar-refractivity contribution in [1.82, 2.24) is 0 Å². The molecule has 0 saturated carbocycles. The lowest BCUT2D eigenvalue weighted by molar-refractivity contribution is 1.13. The Hall–Kier alpha value is -1.86. The van der Waals surface area contributed by atoms with Crippen molar-refractivity contribution in [3.05, 3.63) is 82.9 Å². The SMILES string of the molecule is C1=CC([Si]C2C=Cc3ccccc32)c2ccccc21. The molecule has 2 aliphatic rings. The minimum Gasteiger partial charge on any atom is -0.0796 e. The van der Waals surface area contributed by atoms with Crippen LogP contribution in [0.3, 0.4) is 0 Å². The number of hydrogen-bond acceptors (Lipinski definition) is 0. The van der Waals surface area contributed by atoms with Crippen molar-refractivity contribution >= 4 is 21.7 Å². The maximum Gasteiger partial charge on any atom is 0.0670 e. The molecule has 2 aromatic rings. The van der Waals surface area contributed by atoms with Gasteiger partial charge in [-0.05, 0) is 33.3 Å². The summed E-state index contributed by atoms with van der Waals surface area (Å²) in [7, 11) is 0.900. The van der Waals surface area contributed by atoms with E-state index >= 15 is 0 Å². The monoisotopic (exact) mass is 258 g/mol. The van der Waals surface area contributed by atoms with Crippen LogP contribution in [0.1, 0.15) is 33.3 Å². The fraction of sp³-hybridized carbons (Fsp3) is 0.111. The highest BCUT2D eigenvalue weighted by molar-refractivity contribution is 6.43. The Labute approximate surface area is 116 Å². The van der Waals surface area contributed by atoms with E-state index in [-0.39, 0.29) is 0 Å². The van der Waals surface area contributed by atoms with Crippen LogP contribution in [0.25, 0.3) is 12.2 Å². The number of allylic oxidation sites excluding steroid dienone is 2. The first kappa shape index (κ1) is 11.0. The summed E-state index contributed by atoms with van der Waals surface area (Å²) in [5.74, 6) is 0. The second-order valence-electron chi connectivity index (χ2n) is 5.10. The third-order valence-corrected chi connectivity index (χ3v) is 5.68. The lowest BCUT2D eigenvalue weighted by atomic mass is 10.1. The van der Waals surface area contributed by atoms with Gasteiger partial charge in [0.25, 0.3) is 0 Å². The van der Waals surface area contributed by atoms with Crippen LogP contribution in [-0.4, -0.2) is 9.52 Å². The van der Waals surface area contributed by atoms with Crippen molar-refractivity contribution in [2.24, 2.45) is 0 Å². The Kier molecular flexibility index (Phi) is 2.52. The van der Waals surface area contributed by atoms with Crippen molar-refractivity contribution in [3.63, 3.8) is 0 Å². The molecule has 19 heavy (non-hydrogen) atoms. The summed E-state index contributed by atoms with van der Waals surface area (Å²) in [6.45, 7) is 0. The molecule has 4 rings (SSSR count). The predicted octanol–water partition coefficient (Wildman–Crippen LogP) is 4.23. The van der Waals surface area contributed by atoms with Crippen LogP contribution in [-0.2, 0) is 0 Å². The van der Waals surface area contributed by atoms with Crippen LogP contribution in [0, 0.1) is 0 Å². The summed E-state index contributed by atoms with van der Waals surface area (Å²) in [6.07, 6.45) is 9.30. The maximum atomic E-state index is 2.37. The van der Waals surface area contributed by atoms with E-state index in [1.807, 2.05) is 0 Å². The summed E-state index contributed by atoms with van der Waals surface area (Å²) in [4.78, 5) is 0. The largest absolute Gasteiger partial charge is 0.0796 e. The first-order chi connectivity index (χ1) is 9.42. The van der Waals surface area contributed by atoms with Gasteiger partial charge in [-0.25, -0.2) is 0 Å². The molecule has 2 aromatic carbocycles. The van der Waals surface area contributed by atoms with E-state index in [0.29, 0.717) is 11.1 Å². The molecule has 0 heterocycles. The summed E-state index contributed by atoms with van der Waals surface area (Å²) < 4.78 is 0. The Balaban J connectivity index is 1.62. The van der Waals surface area contributed by atoms with E-state index in [9.17, 15) is 0 Å². The molecule has 0 bridgehead atoms. The fourth-order valence-electron chi connectivity index (χ4n) is 2.98. The van der Waals surface area contributed by atoms with Gasteiger partial charge >= 0.3 is 0 Å². The van der Waals surface area contributed by atoms with Gasteiger partial charge in [0.2, 0.25) is 0 Å². The first-order valence-electron chi connectivity index (χ1n) is 6.72. The number of rotatable bonds is 2. The Morgan fingerprint density at radius 3 is 1.63 bits per heavy atom. The molecule has 0 amide bonds. The molecule has 90 valence electrons. The van der Waals surface area contributed by atoms with Crippen LogP contribution in [0.4, 0.5) is 0 Å². The summed E-state index contributed by atoms with van der Waals surface area (Å²) >= 11 is 0. The minimum atomic E-state index is 0.594. The average molecular weight is 258 g/mol. The quantitative estimate of drug-likeness (QED) is 0.707. The third-order valence-electron chi connectivity index (χ3n) is 3.96. The topological polar surface area (TPSA) is 0 Å². The van der Waals surface area contributed by atoms with Crippen molar-refractivity contribution in [2.45, 2.75) is 11.1 Å². The van der Waals surface area contributed by atoms with Crippen molar-refractivity contribution in [2.75, 3.05) is 0 Å². The second kappa shape index (κ2) is 4.36. The predicted molar refractivity (Wildman–Crippen MR) is 82.2 cm³/mol. The van der Waals surface area contributed by atoms with E-state index in [1.54, 1.807) is 0 Å². The fourth-order valence-corrected chi connectivity index (χ4v) is 4.67. The van der Waals surface area contributed by atoms with Crippen LogP contribution in [0.5, 0.6) is 0 Å². The van der Waals surface area contributed by atoms with Gasteiger partial charge in [-0.1, -0.05) is 72.8 Å². The van der Waals surface area contributed by atoms with E-state index in [2.05, 4.69) is 72.8 Å². The van der Waals surface area contributed by atoms with Crippen LogP contribution in [0.15, 0.2) is 60.7 Å². The van der Waals surface area contributed by atoms with Gasteiger partial charge in [0, 0.05) is 0 Å². The van der Waals surface area contributed by atoms with Crippen LogP contribution < -0.4 is 0 Å². The van der Waals surface area contributed by atoms with E-state index in [1.165, 1.54) is 22.3 Å². The molecular formula is C18H14Si. The van der Waals surface area contributed by atoms with Gasteiger partial charge in [0.05, 0.1) is 9.52 Å². The van der Waals surface area contributed by atoms with Gasteiger partial charge in [0.1, 0.15) is 0 Å². The van der Waals surface area contributed by atoms with Gasteiger partial charge in [-0.15, -0.1) is 0 Å². The zero-order valence-corrected chi connectivity index (χ0v) is 11.6. The third kappa shape index (κ3) is 1.82. The molecule has 1 heteroatoms. The molecule has 2 aliphatic carbocycles. The van der Waals surface area contributed by atoms with Gasteiger partial charge in [-0.3, -0.25) is 0 Å². The number of benzene rings is 2. The molecule has 0 fully saturated rings. The Morgan fingerprint density at radius 1 is 0.632 bits per heavy atom. The van der Waals surface area contributed by atoms with Crippen LogP contribution >= 0.6 is 0 Å². The molecular weight excluding hydrogens is 244 g/mol.